The Balaban J connectivity index is 2.47. The van der Waals surface area contributed by atoms with Gasteiger partial charge in [-0.15, -0.1) is 0 Å². The molecule has 1 aliphatic heterocycles. The lowest BCUT2D eigenvalue weighted by atomic mass is 10.1. The van der Waals surface area contributed by atoms with Crippen molar-refractivity contribution >= 4 is 12.4 Å². The van der Waals surface area contributed by atoms with E-state index in [9.17, 15) is 0 Å². The van der Waals surface area contributed by atoms with Gasteiger partial charge in [-0.25, -0.2) is 0 Å². The molecule has 1 N–H and O–H groups in total. The van der Waals surface area contributed by atoms with E-state index in [1.165, 1.54) is 32.9 Å². The number of fused-ring (bicyclic) bond motifs is 2. The molecule has 1 heteroatoms. The molecule has 1 nitrogen and oxygen atoms in total. The monoisotopic (exact) mass is 235 g/mol. The van der Waals surface area contributed by atoms with E-state index in [2.05, 4.69) is 67.1 Å². The topological polar surface area (TPSA) is 12.0 Å². The molecule has 0 aromatic heterocycles. The van der Waals surface area contributed by atoms with E-state index < -0.39 is 0 Å². The van der Waals surface area contributed by atoms with Gasteiger partial charge in [0.15, 0.2) is 0 Å². The number of aryl methyl sites for hydroxylation is 1. The maximum atomic E-state index is 3.26. The second-order valence-corrected chi connectivity index (χ2v) is 4.71. The van der Waals surface area contributed by atoms with Crippen LogP contribution in [-0.2, 0) is 6.42 Å². The number of nitrogens with one attached hydrogen (secondary N) is 1. The van der Waals surface area contributed by atoms with Crippen molar-refractivity contribution in [2.75, 3.05) is 0 Å². The summed E-state index contributed by atoms with van der Waals surface area (Å²) in [4.78, 5) is 0. The lowest BCUT2D eigenvalue weighted by Crippen LogP contribution is -2.07. The molecule has 90 valence electrons. The fourth-order valence-corrected chi connectivity index (χ4v) is 2.50. The Kier molecular flexibility index (Phi) is 2.89. The highest BCUT2D eigenvalue weighted by molar-refractivity contribution is 5.40. The van der Waals surface area contributed by atoms with E-state index in [0.717, 1.165) is 6.42 Å². The minimum atomic E-state index is 1.15. The number of benzene rings is 2. The standard InChI is InChI=1S/C17H17N/c1-2-5-13-8-9-15-12-18-11-14-6-3-4-7-16(14)17(15)10-13/h3-4,6-12,18H,2,5H2,1H3. The van der Waals surface area contributed by atoms with E-state index in [1.54, 1.807) is 0 Å². The van der Waals surface area contributed by atoms with Crippen molar-refractivity contribution in [1.82, 2.24) is 5.32 Å². The summed E-state index contributed by atoms with van der Waals surface area (Å²) >= 11 is 0. The van der Waals surface area contributed by atoms with Crippen molar-refractivity contribution in [2.45, 2.75) is 19.8 Å². The molecule has 0 amide bonds. The van der Waals surface area contributed by atoms with Gasteiger partial charge in [0.05, 0.1) is 0 Å². The third kappa shape index (κ3) is 1.92. The van der Waals surface area contributed by atoms with Crippen molar-refractivity contribution in [3.05, 3.63) is 68.9 Å². The lowest BCUT2D eigenvalue weighted by molar-refractivity contribution is 0.920. The summed E-state index contributed by atoms with van der Waals surface area (Å²) in [6, 6.07) is 15.3. The van der Waals surface area contributed by atoms with Crippen molar-refractivity contribution < 1.29 is 0 Å². The molecule has 18 heavy (non-hydrogen) atoms. The smallest absolute Gasteiger partial charge is 0.00840 e. The Bertz CT molecular complexity index is 772. The molecule has 0 spiro atoms. The van der Waals surface area contributed by atoms with Gasteiger partial charge in [0.1, 0.15) is 0 Å². The third-order valence-electron chi connectivity index (χ3n) is 3.39. The number of rotatable bonds is 2. The Hall–Kier alpha value is -2.02. The second kappa shape index (κ2) is 4.69. The minimum Gasteiger partial charge on any atom is -0.366 e. The molecule has 2 aromatic rings. The summed E-state index contributed by atoms with van der Waals surface area (Å²) in [6.07, 6.45) is 6.47. The summed E-state index contributed by atoms with van der Waals surface area (Å²) in [7, 11) is 0. The van der Waals surface area contributed by atoms with Crippen LogP contribution in [0.25, 0.3) is 12.4 Å². The molecule has 0 aliphatic carbocycles. The zero-order valence-corrected chi connectivity index (χ0v) is 10.6. The highest BCUT2D eigenvalue weighted by atomic mass is 14.8. The summed E-state index contributed by atoms with van der Waals surface area (Å²) in [6.45, 7) is 2.22. The van der Waals surface area contributed by atoms with Crippen molar-refractivity contribution in [3.8, 4) is 0 Å². The summed E-state index contributed by atoms with van der Waals surface area (Å²) in [5, 5.41) is 8.42. The molecule has 0 saturated heterocycles. The van der Waals surface area contributed by atoms with Gasteiger partial charge in [-0.05, 0) is 32.9 Å². The van der Waals surface area contributed by atoms with Crippen LogP contribution in [0.15, 0.2) is 42.5 Å². The molecular formula is C17H17N. The van der Waals surface area contributed by atoms with Gasteiger partial charge in [-0.3, -0.25) is 0 Å². The zero-order valence-electron chi connectivity index (χ0n) is 10.6. The predicted molar refractivity (Wildman–Crippen MR) is 75.9 cm³/mol. The van der Waals surface area contributed by atoms with E-state index in [1.807, 2.05) is 0 Å². The predicted octanol–water partition coefficient (Wildman–Crippen LogP) is 2.01. The molecule has 1 heterocycles. The van der Waals surface area contributed by atoms with E-state index in [0.29, 0.717) is 0 Å². The first-order chi connectivity index (χ1) is 8.88. The van der Waals surface area contributed by atoms with Crippen LogP contribution in [0.5, 0.6) is 0 Å². The van der Waals surface area contributed by atoms with Gasteiger partial charge in [0.2, 0.25) is 0 Å². The van der Waals surface area contributed by atoms with Crippen LogP contribution in [-0.4, -0.2) is 0 Å². The van der Waals surface area contributed by atoms with Gasteiger partial charge in [-0.1, -0.05) is 55.8 Å². The number of hydrogen-bond acceptors (Lipinski definition) is 1. The summed E-state index contributed by atoms with van der Waals surface area (Å²) in [5.41, 5.74) is 1.42. The first kappa shape index (κ1) is 11.1. The van der Waals surface area contributed by atoms with Gasteiger partial charge < -0.3 is 5.32 Å². The molecule has 0 fully saturated rings. The van der Waals surface area contributed by atoms with Crippen LogP contribution in [0.2, 0.25) is 0 Å². The highest BCUT2D eigenvalue weighted by Gasteiger charge is 1.96. The molecule has 1 aliphatic rings. The molecule has 0 radical (unpaired) electrons. The van der Waals surface area contributed by atoms with Gasteiger partial charge in [-0.2, -0.15) is 0 Å². The molecule has 0 unspecified atom stereocenters. The van der Waals surface area contributed by atoms with Crippen LogP contribution in [0.3, 0.4) is 0 Å². The molecule has 0 atom stereocenters. The summed E-state index contributed by atoms with van der Waals surface area (Å²) < 4.78 is 0. The van der Waals surface area contributed by atoms with Crippen LogP contribution < -0.4 is 15.8 Å². The first-order valence-electron chi connectivity index (χ1n) is 6.53. The maximum absolute atomic E-state index is 3.26. The van der Waals surface area contributed by atoms with Crippen molar-refractivity contribution in [1.29, 1.82) is 0 Å². The zero-order chi connectivity index (χ0) is 12.4. The van der Waals surface area contributed by atoms with Crippen LogP contribution in [0, 0.1) is 10.4 Å². The summed E-state index contributed by atoms with van der Waals surface area (Å²) in [5.74, 6) is 0. The van der Waals surface area contributed by atoms with Gasteiger partial charge in [0.25, 0.3) is 0 Å². The fraction of sp³-hybridized carbons (Fsp3) is 0.176. The maximum Gasteiger partial charge on any atom is 0.00840 e. The quantitative estimate of drug-likeness (QED) is 0.839. The van der Waals surface area contributed by atoms with E-state index >= 15 is 0 Å². The van der Waals surface area contributed by atoms with Crippen molar-refractivity contribution in [2.24, 2.45) is 0 Å². The Morgan fingerprint density at radius 2 is 1.67 bits per heavy atom. The normalized spacial score (nSPS) is 12.3. The van der Waals surface area contributed by atoms with Gasteiger partial charge in [0, 0.05) is 12.4 Å². The third-order valence-corrected chi connectivity index (χ3v) is 3.39. The molecule has 0 bridgehead atoms. The largest absolute Gasteiger partial charge is 0.366 e. The van der Waals surface area contributed by atoms with E-state index in [-0.39, 0.29) is 0 Å². The lowest BCUT2D eigenvalue weighted by Gasteiger charge is -1.99. The Labute approximate surface area is 107 Å². The SMILES string of the molecule is CCCc1ccc2c(c1)=c1ccccc1=CNC=2. The number of hydrogen-bond donors (Lipinski definition) is 1. The highest BCUT2D eigenvalue weighted by Crippen LogP contribution is 2.02. The first-order valence-corrected chi connectivity index (χ1v) is 6.53. The van der Waals surface area contributed by atoms with Crippen LogP contribution in [0.1, 0.15) is 18.9 Å². The molecule has 0 saturated carbocycles. The van der Waals surface area contributed by atoms with Gasteiger partial charge >= 0.3 is 0 Å². The Morgan fingerprint density at radius 1 is 0.889 bits per heavy atom. The molecule has 2 aromatic carbocycles. The second-order valence-electron chi connectivity index (χ2n) is 4.71. The average Bonchev–Trinajstić information content (AvgIpc) is 2.58. The fourth-order valence-electron chi connectivity index (χ4n) is 2.50. The van der Waals surface area contributed by atoms with E-state index in [4.69, 9.17) is 0 Å². The Morgan fingerprint density at radius 3 is 2.50 bits per heavy atom. The van der Waals surface area contributed by atoms with Crippen LogP contribution >= 0.6 is 0 Å². The average molecular weight is 235 g/mol. The van der Waals surface area contributed by atoms with Crippen molar-refractivity contribution in [3.63, 3.8) is 0 Å². The molecular weight excluding hydrogens is 218 g/mol. The molecule has 3 rings (SSSR count). The van der Waals surface area contributed by atoms with Crippen LogP contribution in [0.4, 0.5) is 0 Å². The minimum absolute atomic E-state index is 1.15.